The van der Waals surface area contributed by atoms with E-state index in [1.807, 2.05) is 19.1 Å². The van der Waals surface area contributed by atoms with Crippen molar-refractivity contribution in [1.29, 1.82) is 0 Å². The molecule has 0 saturated carbocycles. The molecule has 1 unspecified atom stereocenters. The number of aromatic nitrogens is 3. The highest BCUT2D eigenvalue weighted by molar-refractivity contribution is 5.64. The molecule has 2 aromatic heterocycles. The number of rotatable bonds is 9. The Morgan fingerprint density at radius 2 is 1.80 bits per heavy atom. The summed E-state index contributed by atoms with van der Waals surface area (Å²) in [6, 6.07) is 6.04. The maximum atomic E-state index is 9.70. The fourth-order valence-electron chi connectivity index (χ4n) is 3.43. The van der Waals surface area contributed by atoms with Gasteiger partial charge in [0.2, 0.25) is 5.82 Å². The van der Waals surface area contributed by atoms with Crippen LogP contribution in [-0.4, -0.2) is 39.5 Å². The largest absolute Gasteiger partial charge is 0.490 e. The molecule has 30 heavy (non-hydrogen) atoms. The van der Waals surface area contributed by atoms with Crippen LogP contribution in [0.15, 0.2) is 28.9 Å². The van der Waals surface area contributed by atoms with Gasteiger partial charge in [-0.25, -0.2) is 0 Å². The molecule has 0 aliphatic carbocycles. The molecule has 0 saturated heterocycles. The average Bonchev–Trinajstić information content (AvgIpc) is 3.27. The quantitative estimate of drug-likeness (QED) is 0.556. The van der Waals surface area contributed by atoms with Gasteiger partial charge in [0.25, 0.3) is 5.89 Å². The SMILES string of the molecule is CCc1cc(-c2nc(-c3cc(C)c(OCC(O)CN)c(CC)c3)no2)cnc1CC. The number of pyridine rings is 1. The Morgan fingerprint density at radius 1 is 1.07 bits per heavy atom. The molecule has 0 amide bonds. The van der Waals surface area contributed by atoms with E-state index >= 15 is 0 Å². The third-order valence-corrected chi connectivity index (χ3v) is 5.13. The van der Waals surface area contributed by atoms with Gasteiger partial charge in [-0.1, -0.05) is 25.9 Å². The number of nitrogens with zero attached hydrogens (tertiary/aromatic N) is 3. The fourth-order valence-corrected chi connectivity index (χ4v) is 3.43. The predicted molar refractivity (Wildman–Crippen MR) is 116 cm³/mol. The minimum absolute atomic E-state index is 0.163. The number of ether oxygens (including phenoxy) is 1. The first-order valence-electron chi connectivity index (χ1n) is 10.5. The zero-order chi connectivity index (χ0) is 21.7. The summed E-state index contributed by atoms with van der Waals surface area (Å²) >= 11 is 0. The van der Waals surface area contributed by atoms with Gasteiger partial charge in [0.1, 0.15) is 18.5 Å². The van der Waals surface area contributed by atoms with E-state index in [4.69, 9.17) is 15.0 Å². The topological polar surface area (TPSA) is 107 Å². The lowest BCUT2D eigenvalue weighted by molar-refractivity contribution is 0.113. The molecule has 2 heterocycles. The zero-order valence-corrected chi connectivity index (χ0v) is 18.1. The van der Waals surface area contributed by atoms with Gasteiger partial charge in [0, 0.05) is 24.0 Å². The Bertz CT molecular complexity index is 1000. The van der Waals surface area contributed by atoms with Crippen LogP contribution in [0.5, 0.6) is 5.75 Å². The molecule has 160 valence electrons. The second-order valence-corrected chi connectivity index (χ2v) is 7.30. The van der Waals surface area contributed by atoms with Crippen molar-refractivity contribution in [2.45, 2.75) is 53.1 Å². The van der Waals surface area contributed by atoms with Gasteiger partial charge in [0.15, 0.2) is 0 Å². The summed E-state index contributed by atoms with van der Waals surface area (Å²) in [7, 11) is 0. The van der Waals surface area contributed by atoms with Gasteiger partial charge >= 0.3 is 0 Å². The van der Waals surface area contributed by atoms with Crippen molar-refractivity contribution in [2.24, 2.45) is 5.73 Å². The Labute approximate surface area is 177 Å². The van der Waals surface area contributed by atoms with Crippen molar-refractivity contribution in [3.8, 4) is 28.6 Å². The number of hydrogen-bond donors (Lipinski definition) is 2. The van der Waals surface area contributed by atoms with E-state index in [-0.39, 0.29) is 13.2 Å². The third kappa shape index (κ3) is 4.68. The van der Waals surface area contributed by atoms with Crippen molar-refractivity contribution < 1.29 is 14.4 Å². The highest BCUT2D eigenvalue weighted by atomic mass is 16.5. The number of benzene rings is 1. The maximum absolute atomic E-state index is 9.70. The number of aryl methyl sites for hydroxylation is 4. The number of aliphatic hydroxyl groups excluding tert-OH is 1. The summed E-state index contributed by atoms with van der Waals surface area (Å²) in [5.41, 5.74) is 11.4. The molecule has 0 aliphatic rings. The second kappa shape index (κ2) is 9.82. The summed E-state index contributed by atoms with van der Waals surface area (Å²) in [4.78, 5) is 9.15. The van der Waals surface area contributed by atoms with Gasteiger partial charge in [-0.3, -0.25) is 4.98 Å². The minimum atomic E-state index is -0.686. The fraction of sp³-hybridized carbons (Fsp3) is 0.435. The number of nitrogens with two attached hydrogens (primary N) is 1. The summed E-state index contributed by atoms with van der Waals surface area (Å²) in [5, 5.41) is 13.9. The molecule has 7 heteroatoms. The molecule has 1 atom stereocenters. The molecule has 0 fully saturated rings. The van der Waals surface area contributed by atoms with E-state index in [1.54, 1.807) is 6.20 Å². The molecule has 1 aromatic carbocycles. The van der Waals surface area contributed by atoms with Crippen LogP contribution in [0.3, 0.4) is 0 Å². The molecule has 3 aromatic rings. The number of hydrogen-bond acceptors (Lipinski definition) is 7. The molecule has 7 nitrogen and oxygen atoms in total. The van der Waals surface area contributed by atoms with Crippen LogP contribution in [-0.2, 0) is 19.3 Å². The smallest absolute Gasteiger partial charge is 0.259 e. The molecule has 3 N–H and O–H groups in total. The van der Waals surface area contributed by atoms with Gasteiger partial charge < -0.3 is 20.1 Å². The molecule has 3 rings (SSSR count). The number of aliphatic hydroxyl groups is 1. The molecule has 0 bridgehead atoms. The van der Waals surface area contributed by atoms with Crippen molar-refractivity contribution >= 4 is 0 Å². The van der Waals surface area contributed by atoms with Crippen molar-refractivity contribution in [3.63, 3.8) is 0 Å². The summed E-state index contributed by atoms with van der Waals surface area (Å²) < 4.78 is 11.4. The minimum Gasteiger partial charge on any atom is -0.490 e. The van der Waals surface area contributed by atoms with E-state index in [0.29, 0.717) is 11.7 Å². The van der Waals surface area contributed by atoms with Gasteiger partial charge in [-0.05, 0) is 61.1 Å². The van der Waals surface area contributed by atoms with E-state index in [2.05, 4.69) is 42.0 Å². The van der Waals surface area contributed by atoms with Crippen LogP contribution in [0.4, 0.5) is 0 Å². The molecule has 0 spiro atoms. The van der Waals surface area contributed by atoms with Gasteiger partial charge in [-0.2, -0.15) is 4.98 Å². The van der Waals surface area contributed by atoms with Crippen LogP contribution < -0.4 is 10.5 Å². The summed E-state index contributed by atoms with van der Waals surface area (Å²) in [5.74, 6) is 1.75. The lowest BCUT2D eigenvalue weighted by Gasteiger charge is -2.16. The second-order valence-electron chi connectivity index (χ2n) is 7.30. The van der Waals surface area contributed by atoms with Crippen molar-refractivity contribution in [2.75, 3.05) is 13.2 Å². The van der Waals surface area contributed by atoms with E-state index in [0.717, 1.165) is 53.0 Å². The first kappa shape index (κ1) is 21.9. The summed E-state index contributed by atoms with van der Waals surface area (Å²) in [6.07, 6.45) is 3.68. The lowest BCUT2D eigenvalue weighted by atomic mass is 10.0. The van der Waals surface area contributed by atoms with E-state index in [1.165, 1.54) is 5.56 Å². The van der Waals surface area contributed by atoms with Crippen LogP contribution in [0.2, 0.25) is 0 Å². The highest BCUT2D eigenvalue weighted by Gasteiger charge is 2.16. The molecule has 0 radical (unpaired) electrons. The predicted octanol–water partition coefficient (Wildman–Crippen LogP) is 3.49. The Balaban J connectivity index is 1.90. The highest BCUT2D eigenvalue weighted by Crippen LogP contribution is 2.31. The molecule has 0 aliphatic heterocycles. The lowest BCUT2D eigenvalue weighted by Crippen LogP contribution is -2.27. The normalized spacial score (nSPS) is 12.2. The Kier molecular flexibility index (Phi) is 7.18. The Hall–Kier alpha value is -2.77. The molecular formula is C23H30N4O3. The van der Waals surface area contributed by atoms with E-state index in [9.17, 15) is 5.11 Å². The molecular weight excluding hydrogens is 380 g/mol. The van der Waals surface area contributed by atoms with Gasteiger partial charge in [0.05, 0.1) is 5.56 Å². The Morgan fingerprint density at radius 3 is 2.47 bits per heavy atom. The standard InChI is InChI=1S/C23H30N4O3/c1-5-15-9-18(12-25-20(15)7-3)23-26-22(27-30-23)17-8-14(4)21(16(6-2)10-17)29-13-19(28)11-24/h8-10,12,19,28H,5-7,11,13,24H2,1-4H3. The van der Waals surface area contributed by atoms with Crippen molar-refractivity contribution in [3.05, 3.63) is 46.8 Å². The van der Waals surface area contributed by atoms with Crippen LogP contribution in [0.1, 0.15) is 43.2 Å². The summed E-state index contributed by atoms with van der Waals surface area (Å²) in [6.45, 7) is 8.57. The van der Waals surface area contributed by atoms with Crippen LogP contribution in [0, 0.1) is 6.92 Å². The first-order valence-corrected chi connectivity index (χ1v) is 10.5. The van der Waals surface area contributed by atoms with E-state index < -0.39 is 6.10 Å². The monoisotopic (exact) mass is 410 g/mol. The van der Waals surface area contributed by atoms with Crippen LogP contribution in [0.25, 0.3) is 22.8 Å². The maximum Gasteiger partial charge on any atom is 0.259 e. The average molecular weight is 411 g/mol. The van der Waals surface area contributed by atoms with Gasteiger partial charge in [-0.15, -0.1) is 0 Å². The zero-order valence-electron chi connectivity index (χ0n) is 18.1. The first-order chi connectivity index (χ1) is 14.5. The van der Waals surface area contributed by atoms with Crippen LogP contribution >= 0.6 is 0 Å². The third-order valence-electron chi connectivity index (χ3n) is 5.13. The van der Waals surface area contributed by atoms with Crippen molar-refractivity contribution in [1.82, 2.24) is 15.1 Å².